The average molecular weight is 303 g/mol. The Labute approximate surface area is 124 Å². The monoisotopic (exact) mass is 303 g/mol. The summed E-state index contributed by atoms with van der Waals surface area (Å²) in [7, 11) is 0. The molecular weight excluding hydrogens is 278 g/mol. The topological polar surface area (TPSA) is 123 Å². The van der Waals surface area contributed by atoms with Crippen LogP contribution in [-0.2, 0) is 14.3 Å². The lowest BCUT2D eigenvalue weighted by Crippen LogP contribution is -2.47. The number of ether oxygens (including phenoxy) is 2. The molecule has 0 aliphatic heterocycles. The van der Waals surface area contributed by atoms with E-state index in [1.54, 1.807) is 41.5 Å². The van der Waals surface area contributed by atoms with Crippen molar-refractivity contribution in [3.05, 3.63) is 0 Å². The van der Waals surface area contributed by atoms with Crippen LogP contribution < -0.4 is 11.1 Å². The Balaban J connectivity index is 4.90. The Bertz CT molecular complexity index is 407. The largest absolute Gasteiger partial charge is 0.458 e. The van der Waals surface area contributed by atoms with Gasteiger partial charge in [-0.05, 0) is 41.5 Å². The molecule has 8 heteroatoms. The number of hydrogen-bond donors (Lipinski definition) is 3. The minimum Gasteiger partial charge on any atom is -0.458 e. The van der Waals surface area contributed by atoms with Gasteiger partial charge in [-0.1, -0.05) is 5.16 Å². The maximum Gasteiger partial charge on any atom is 0.408 e. The van der Waals surface area contributed by atoms with Gasteiger partial charge in [0.2, 0.25) is 0 Å². The molecule has 8 nitrogen and oxygen atoms in total. The Morgan fingerprint density at radius 2 is 1.62 bits per heavy atom. The highest BCUT2D eigenvalue weighted by atomic mass is 16.6. The van der Waals surface area contributed by atoms with Crippen molar-refractivity contribution in [2.45, 2.75) is 65.2 Å². The van der Waals surface area contributed by atoms with Gasteiger partial charge in [-0.25, -0.2) is 9.59 Å². The standard InChI is InChI=1S/C13H25N3O5/c1-12(2,3)20-10(17)8(7-9(14)16-19)15-11(18)21-13(4,5)6/h8,19H,7H2,1-6H3,(H2,14,16)(H,15,18)/t8-/m0/s1. The number of alkyl carbamates (subject to hydrolysis) is 1. The zero-order valence-corrected chi connectivity index (χ0v) is 13.4. The van der Waals surface area contributed by atoms with Crippen molar-refractivity contribution in [2.24, 2.45) is 10.9 Å². The average Bonchev–Trinajstić information content (AvgIpc) is 2.22. The van der Waals surface area contributed by atoms with Crippen LogP contribution in [0.4, 0.5) is 4.79 Å². The van der Waals surface area contributed by atoms with Crippen molar-refractivity contribution in [2.75, 3.05) is 0 Å². The molecule has 0 unspecified atom stereocenters. The predicted octanol–water partition coefficient (Wildman–Crippen LogP) is 1.36. The van der Waals surface area contributed by atoms with Gasteiger partial charge in [0.15, 0.2) is 0 Å². The molecule has 21 heavy (non-hydrogen) atoms. The number of hydrogen-bond acceptors (Lipinski definition) is 6. The van der Waals surface area contributed by atoms with Crippen molar-refractivity contribution in [1.29, 1.82) is 0 Å². The van der Waals surface area contributed by atoms with E-state index in [4.69, 9.17) is 20.4 Å². The van der Waals surface area contributed by atoms with E-state index in [9.17, 15) is 9.59 Å². The quantitative estimate of drug-likeness (QED) is 0.237. The van der Waals surface area contributed by atoms with Gasteiger partial charge in [0.25, 0.3) is 0 Å². The van der Waals surface area contributed by atoms with Crippen molar-refractivity contribution in [3.63, 3.8) is 0 Å². The van der Waals surface area contributed by atoms with Gasteiger partial charge in [-0.2, -0.15) is 0 Å². The lowest BCUT2D eigenvalue weighted by molar-refractivity contribution is -0.157. The Hall–Kier alpha value is -1.99. The fourth-order valence-corrected chi connectivity index (χ4v) is 1.27. The van der Waals surface area contributed by atoms with Crippen LogP contribution in [0.2, 0.25) is 0 Å². The van der Waals surface area contributed by atoms with E-state index in [1.807, 2.05) is 0 Å². The smallest absolute Gasteiger partial charge is 0.408 e. The van der Waals surface area contributed by atoms with Gasteiger partial charge in [-0.3, -0.25) is 0 Å². The molecule has 0 aliphatic carbocycles. The van der Waals surface area contributed by atoms with Crippen LogP contribution in [0.5, 0.6) is 0 Å². The summed E-state index contributed by atoms with van der Waals surface area (Å²) in [5.74, 6) is -0.901. The van der Waals surface area contributed by atoms with Crippen LogP contribution in [-0.4, -0.2) is 40.3 Å². The number of nitrogens with zero attached hydrogens (tertiary/aromatic N) is 1. The second-order valence-electron chi connectivity index (χ2n) is 6.53. The molecule has 0 aromatic heterocycles. The van der Waals surface area contributed by atoms with E-state index in [2.05, 4.69) is 10.5 Å². The summed E-state index contributed by atoms with van der Waals surface area (Å²) in [5, 5.41) is 13.7. The summed E-state index contributed by atoms with van der Waals surface area (Å²) in [6.45, 7) is 10.2. The predicted molar refractivity (Wildman–Crippen MR) is 77.0 cm³/mol. The number of nitrogens with one attached hydrogen (secondary N) is 1. The summed E-state index contributed by atoms with van der Waals surface area (Å²) < 4.78 is 10.2. The Morgan fingerprint density at radius 1 is 1.14 bits per heavy atom. The highest BCUT2D eigenvalue weighted by Crippen LogP contribution is 2.11. The molecule has 0 aromatic rings. The van der Waals surface area contributed by atoms with Crippen LogP contribution >= 0.6 is 0 Å². The third kappa shape index (κ3) is 9.53. The molecule has 0 bridgehead atoms. The molecule has 0 aliphatic rings. The molecule has 0 heterocycles. The number of rotatable bonds is 4. The summed E-state index contributed by atoms with van der Waals surface area (Å²) in [6.07, 6.45) is -0.978. The normalized spacial score (nSPS) is 14.3. The summed E-state index contributed by atoms with van der Waals surface area (Å²) in [4.78, 5) is 23.8. The summed E-state index contributed by atoms with van der Waals surface area (Å²) >= 11 is 0. The maximum atomic E-state index is 12.0. The first-order valence-corrected chi connectivity index (χ1v) is 6.53. The first kappa shape index (κ1) is 19.0. The Kier molecular flexibility index (Phi) is 6.47. The molecular formula is C13H25N3O5. The lowest BCUT2D eigenvalue weighted by Gasteiger charge is -2.26. The zero-order chi connectivity index (χ0) is 16.8. The second-order valence-corrected chi connectivity index (χ2v) is 6.53. The number of nitrogens with two attached hydrogens (primary N) is 1. The maximum absolute atomic E-state index is 12.0. The number of carbonyl (C=O) groups excluding carboxylic acids is 2. The molecule has 0 radical (unpaired) electrons. The molecule has 1 atom stereocenters. The molecule has 0 saturated carbocycles. The van der Waals surface area contributed by atoms with Crippen LogP contribution in [0.25, 0.3) is 0 Å². The number of amidine groups is 1. The van der Waals surface area contributed by atoms with E-state index in [0.717, 1.165) is 0 Å². The zero-order valence-electron chi connectivity index (χ0n) is 13.4. The highest BCUT2D eigenvalue weighted by molar-refractivity contribution is 5.89. The molecule has 0 spiro atoms. The van der Waals surface area contributed by atoms with Crippen molar-refractivity contribution in [1.82, 2.24) is 5.32 Å². The van der Waals surface area contributed by atoms with Gasteiger partial charge in [-0.15, -0.1) is 0 Å². The van der Waals surface area contributed by atoms with Crippen LogP contribution in [0.3, 0.4) is 0 Å². The molecule has 0 saturated heterocycles. The first-order valence-electron chi connectivity index (χ1n) is 6.53. The first-order chi connectivity index (χ1) is 9.34. The molecule has 0 fully saturated rings. The van der Waals surface area contributed by atoms with Crippen molar-refractivity contribution >= 4 is 17.9 Å². The molecule has 0 rings (SSSR count). The van der Waals surface area contributed by atoms with Crippen LogP contribution in [0.15, 0.2) is 5.16 Å². The van der Waals surface area contributed by atoms with E-state index in [-0.39, 0.29) is 12.3 Å². The number of amides is 1. The summed E-state index contributed by atoms with van der Waals surface area (Å²) in [6, 6.07) is -1.10. The van der Waals surface area contributed by atoms with Gasteiger partial charge in [0.1, 0.15) is 23.1 Å². The van der Waals surface area contributed by atoms with Crippen LogP contribution in [0, 0.1) is 0 Å². The van der Waals surface area contributed by atoms with Gasteiger partial charge in [0, 0.05) is 6.42 Å². The molecule has 1 amide bonds. The Morgan fingerprint density at radius 3 is 2.00 bits per heavy atom. The van der Waals surface area contributed by atoms with Gasteiger partial charge < -0.3 is 25.7 Å². The highest BCUT2D eigenvalue weighted by Gasteiger charge is 2.29. The van der Waals surface area contributed by atoms with Crippen LogP contribution in [0.1, 0.15) is 48.0 Å². The fraction of sp³-hybridized carbons (Fsp3) is 0.769. The SMILES string of the molecule is CC(C)(C)OC(=O)N[C@@H](C/C(N)=N/O)C(=O)OC(C)(C)C. The van der Waals surface area contributed by atoms with Crippen molar-refractivity contribution < 1.29 is 24.3 Å². The molecule has 122 valence electrons. The van der Waals surface area contributed by atoms with Crippen molar-refractivity contribution in [3.8, 4) is 0 Å². The van der Waals surface area contributed by atoms with E-state index >= 15 is 0 Å². The number of carbonyl (C=O) groups is 2. The number of oxime groups is 1. The van der Waals surface area contributed by atoms with Gasteiger partial charge >= 0.3 is 12.1 Å². The van der Waals surface area contributed by atoms with E-state index in [1.165, 1.54) is 0 Å². The minimum absolute atomic E-state index is 0.190. The van der Waals surface area contributed by atoms with E-state index in [0.29, 0.717) is 0 Å². The van der Waals surface area contributed by atoms with E-state index < -0.39 is 29.3 Å². The molecule has 0 aromatic carbocycles. The lowest BCUT2D eigenvalue weighted by atomic mass is 10.1. The number of esters is 1. The minimum atomic E-state index is -1.10. The van der Waals surface area contributed by atoms with Gasteiger partial charge in [0.05, 0.1) is 0 Å². The fourth-order valence-electron chi connectivity index (χ4n) is 1.27. The second kappa shape index (κ2) is 7.14. The third-order valence-corrected chi connectivity index (χ3v) is 1.92. The third-order valence-electron chi connectivity index (χ3n) is 1.92. The summed E-state index contributed by atoms with van der Waals surface area (Å²) in [5.41, 5.74) is 3.94. The molecule has 4 N–H and O–H groups in total.